The molecule has 1 heterocycles. The Hall–Kier alpha value is -2.82. The summed E-state index contributed by atoms with van der Waals surface area (Å²) in [6.45, 7) is 3.66. The molecule has 0 unspecified atom stereocenters. The molecule has 118 valence electrons. The zero-order chi connectivity index (χ0) is 16.4. The number of carbonyl (C=O) groups is 1. The Kier molecular flexibility index (Phi) is 4.02. The lowest BCUT2D eigenvalue weighted by Crippen LogP contribution is -2.11. The van der Waals surface area contributed by atoms with Crippen LogP contribution in [-0.2, 0) is 4.74 Å². The van der Waals surface area contributed by atoms with Gasteiger partial charge in [0.15, 0.2) is 0 Å². The number of benzene rings is 2. The quantitative estimate of drug-likeness (QED) is 0.744. The Balaban J connectivity index is 1.97. The molecule has 3 aromatic rings. The number of methoxy groups -OCH3 is 1. The number of aromatic nitrogens is 2. The smallest absolute Gasteiger partial charge is 0.338 e. The number of esters is 1. The number of imidazole rings is 1. The van der Waals surface area contributed by atoms with Crippen molar-refractivity contribution in [2.24, 2.45) is 0 Å². The van der Waals surface area contributed by atoms with Crippen LogP contribution in [0.3, 0.4) is 0 Å². The van der Waals surface area contributed by atoms with Crippen LogP contribution in [0.15, 0.2) is 42.5 Å². The molecule has 2 aromatic carbocycles. The highest BCUT2D eigenvalue weighted by Crippen LogP contribution is 2.24. The van der Waals surface area contributed by atoms with Crippen molar-refractivity contribution in [3.63, 3.8) is 0 Å². The second-order valence-electron chi connectivity index (χ2n) is 5.50. The van der Waals surface area contributed by atoms with E-state index in [0.717, 1.165) is 22.3 Å². The third-order valence-electron chi connectivity index (χ3n) is 3.40. The molecule has 3 rings (SSSR count). The first-order chi connectivity index (χ1) is 11.1. The van der Waals surface area contributed by atoms with Crippen LogP contribution in [0.25, 0.3) is 22.4 Å². The van der Waals surface area contributed by atoms with Crippen molar-refractivity contribution in [1.29, 1.82) is 0 Å². The first-order valence-corrected chi connectivity index (χ1v) is 7.42. The average Bonchev–Trinajstić information content (AvgIpc) is 2.97. The lowest BCUT2D eigenvalue weighted by Gasteiger charge is -2.08. The lowest BCUT2D eigenvalue weighted by atomic mass is 10.1. The summed E-state index contributed by atoms with van der Waals surface area (Å²) in [6.07, 6.45) is -0.148. The molecule has 0 spiro atoms. The van der Waals surface area contributed by atoms with Gasteiger partial charge in [-0.3, -0.25) is 0 Å². The number of carbonyl (C=O) groups excluding carboxylic acids is 1. The van der Waals surface area contributed by atoms with Crippen LogP contribution in [0.1, 0.15) is 24.2 Å². The number of nitrogens with zero attached hydrogens (tertiary/aromatic N) is 1. The zero-order valence-corrected chi connectivity index (χ0v) is 13.3. The topological polar surface area (TPSA) is 64.2 Å². The predicted molar refractivity (Wildman–Crippen MR) is 88.6 cm³/mol. The van der Waals surface area contributed by atoms with E-state index in [-0.39, 0.29) is 12.1 Å². The molecular weight excluding hydrogens is 292 g/mol. The summed E-state index contributed by atoms with van der Waals surface area (Å²) in [4.78, 5) is 19.8. The largest absolute Gasteiger partial charge is 0.497 e. The van der Waals surface area contributed by atoms with E-state index in [1.165, 1.54) is 0 Å². The lowest BCUT2D eigenvalue weighted by molar-refractivity contribution is 0.0378. The van der Waals surface area contributed by atoms with Crippen molar-refractivity contribution in [2.45, 2.75) is 20.0 Å². The van der Waals surface area contributed by atoms with Crippen LogP contribution in [0.4, 0.5) is 0 Å². The van der Waals surface area contributed by atoms with E-state index in [0.29, 0.717) is 11.4 Å². The number of nitrogens with one attached hydrogen (secondary N) is 1. The summed E-state index contributed by atoms with van der Waals surface area (Å²) in [7, 11) is 1.63. The van der Waals surface area contributed by atoms with Crippen molar-refractivity contribution in [3.05, 3.63) is 48.0 Å². The summed E-state index contributed by atoms with van der Waals surface area (Å²) in [5.74, 6) is 1.13. The highest BCUT2D eigenvalue weighted by molar-refractivity contribution is 5.91. The highest BCUT2D eigenvalue weighted by Gasteiger charge is 2.12. The Morgan fingerprint density at radius 2 is 2.00 bits per heavy atom. The minimum atomic E-state index is -0.334. The molecule has 1 aromatic heterocycles. The molecule has 5 nitrogen and oxygen atoms in total. The summed E-state index contributed by atoms with van der Waals surface area (Å²) >= 11 is 0. The van der Waals surface area contributed by atoms with Crippen molar-refractivity contribution < 1.29 is 14.3 Å². The van der Waals surface area contributed by atoms with Gasteiger partial charge < -0.3 is 14.5 Å². The van der Waals surface area contributed by atoms with Crippen LogP contribution >= 0.6 is 0 Å². The number of rotatable bonds is 4. The maximum atomic E-state index is 12.0. The van der Waals surface area contributed by atoms with E-state index in [1.54, 1.807) is 19.2 Å². The van der Waals surface area contributed by atoms with Crippen molar-refractivity contribution in [3.8, 4) is 17.1 Å². The molecule has 0 radical (unpaired) electrons. The van der Waals surface area contributed by atoms with Crippen LogP contribution in [-0.4, -0.2) is 29.2 Å². The van der Waals surface area contributed by atoms with E-state index in [4.69, 9.17) is 9.47 Å². The second-order valence-corrected chi connectivity index (χ2v) is 5.50. The molecule has 0 saturated carbocycles. The predicted octanol–water partition coefficient (Wildman–Crippen LogP) is 3.80. The molecular formula is C18H18N2O3. The van der Waals surface area contributed by atoms with Crippen molar-refractivity contribution in [1.82, 2.24) is 9.97 Å². The molecule has 23 heavy (non-hydrogen) atoms. The number of fused-ring (bicyclic) bond motifs is 1. The van der Waals surface area contributed by atoms with Gasteiger partial charge in [0.2, 0.25) is 0 Å². The van der Waals surface area contributed by atoms with Gasteiger partial charge in [-0.25, -0.2) is 9.78 Å². The SMILES string of the molecule is COc1ccc2nc(-c3cccc(C(=O)OC(C)C)c3)[nH]c2c1. The number of H-pyrrole nitrogens is 1. The third kappa shape index (κ3) is 3.18. The standard InChI is InChI=1S/C18H18N2O3/c1-11(2)23-18(21)13-6-4-5-12(9-13)17-19-15-8-7-14(22-3)10-16(15)20-17/h4-11H,1-3H3,(H,19,20). The van der Waals surface area contributed by atoms with E-state index in [2.05, 4.69) is 9.97 Å². The van der Waals surface area contributed by atoms with E-state index in [9.17, 15) is 4.79 Å². The first kappa shape index (κ1) is 15.1. The fourth-order valence-corrected chi connectivity index (χ4v) is 2.33. The van der Waals surface area contributed by atoms with Gasteiger partial charge in [0.25, 0.3) is 0 Å². The summed E-state index contributed by atoms with van der Waals surface area (Å²) in [5.41, 5.74) is 3.07. The summed E-state index contributed by atoms with van der Waals surface area (Å²) in [6, 6.07) is 12.9. The number of hydrogen-bond donors (Lipinski definition) is 1. The van der Waals surface area contributed by atoms with Gasteiger partial charge in [0.1, 0.15) is 11.6 Å². The van der Waals surface area contributed by atoms with Gasteiger partial charge in [-0.05, 0) is 38.1 Å². The van der Waals surface area contributed by atoms with E-state index < -0.39 is 0 Å². The number of aromatic amines is 1. The Morgan fingerprint density at radius 1 is 1.17 bits per heavy atom. The van der Waals surface area contributed by atoms with Crippen LogP contribution in [0.2, 0.25) is 0 Å². The Labute approximate surface area is 134 Å². The van der Waals surface area contributed by atoms with Gasteiger partial charge in [-0.1, -0.05) is 12.1 Å². The molecule has 0 aliphatic rings. The van der Waals surface area contributed by atoms with E-state index in [1.807, 2.05) is 44.2 Å². The normalized spacial score (nSPS) is 11.0. The number of hydrogen-bond acceptors (Lipinski definition) is 4. The summed E-state index contributed by atoms with van der Waals surface area (Å²) in [5, 5.41) is 0. The third-order valence-corrected chi connectivity index (χ3v) is 3.40. The van der Waals surface area contributed by atoms with Crippen LogP contribution < -0.4 is 4.74 Å². The monoisotopic (exact) mass is 310 g/mol. The van der Waals surface area contributed by atoms with E-state index >= 15 is 0 Å². The molecule has 0 aliphatic carbocycles. The molecule has 0 atom stereocenters. The van der Waals surface area contributed by atoms with Crippen molar-refractivity contribution in [2.75, 3.05) is 7.11 Å². The van der Waals surface area contributed by atoms with Gasteiger partial charge in [-0.2, -0.15) is 0 Å². The first-order valence-electron chi connectivity index (χ1n) is 7.42. The van der Waals surface area contributed by atoms with Gasteiger partial charge in [-0.15, -0.1) is 0 Å². The van der Waals surface area contributed by atoms with Gasteiger partial charge in [0.05, 0.1) is 29.8 Å². The van der Waals surface area contributed by atoms with Crippen LogP contribution in [0.5, 0.6) is 5.75 Å². The molecule has 0 amide bonds. The number of ether oxygens (including phenoxy) is 2. The minimum absolute atomic E-state index is 0.148. The maximum absolute atomic E-state index is 12.0. The summed E-state index contributed by atoms with van der Waals surface area (Å²) < 4.78 is 10.4. The molecule has 0 aliphatic heterocycles. The fourth-order valence-electron chi connectivity index (χ4n) is 2.33. The minimum Gasteiger partial charge on any atom is -0.497 e. The molecule has 0 fully saturated rings. The Morgan fingerprint density at radius 3 is 2.74 bits per heavy atom. The zero-order valence-electron chi connectivity index (χ0n) is 13.3. The van der Waals surface area contributed by atoms with Gasteiger partial charge in [0, 0.05) is 11.6 Å². The Bertz CT molecular complexity index is 852. The molecule has 1 N–H and O–H groups in total. The van der Waals surface area contributed by atoms with Crippen molar-refractivity contribution >= 4 is 17.0 Å². The maximum Gasteiger partial charge on any atom is 0.338 e. The van der Waals surface area contributed by atoms with Crippen LogP contribution in [0, 0.1) is 0 Å². The average molecular weight is 310 g/mol. The second kappa shape index (κ2) is 6.12. The van der Waals surface area contributed by atoms with Gasteiger partial charge >= 0.3 is 5.97 Å². The highest BCUT2D eigenvalue weighted by atomic mass is 16.5. The molecule has 0 saturated heterocycles. The molecule has 5 heteroatoms. The fraction of sp³-hybridized carbons (Fsp3) is 0.222. The molecule has 0 bridgehead atoms.